The lowest BCUT2D eigenvalue weighted by atomic mass is 9.85. The first-order chi connectivity index (χ1) is 10.2. The number of hydrogen-bond donors (Lipinski definition) is 0. The SMILES string of the molecule is C[Si](C)(C)C1([Si](C)(C)C)c2ccccc2Cc2ccccc21. The predicted molar refractivity (Wildman–Crippen MR) is 103 cm³/mol. The molecule has 2 aromatic rings. The van der Waals surface area contributed by atoms with E-state index in [9.17, 15) is 0 Å². The van der Waals surface area contributed by atoms with Gasteiger partial charge in [0.15, 0.2) is 0 Å². The Labute approximate surface area is 137 Å². The van der Waals surface area contributed by atoms with Gasteiger partial charge in [-0.25, -0.2) is 0 Å². The lowest BCUT2D eigenvalue weighted by molar-refractivity contribution is 0.841. The molecule has 0 saturated carbocycles. The minimum absolute atomic E-state index is 0.297. The Morgan fingerprint density at radius 2 is 1.00 bits per heavy atom. The molecule has 0 amide bonds. The highest BCUT2D eigenvalue weighted by atomic mass is 28.4. The monoisotopic (exact) mass is 324 g/mol. The van der Waals surface area contributed by atoms with Crippen LogP contribution in [0, 0.1) is 0 Å². The average Bonchev–Trinajstić information content (AvgIpc) is 2.41. The van der Waals surface area contributed by atoms with Crippen molar-refractivity contribution in [2.45, 2.75) is 50.4 Å². The molecule has 0 saturated heterocycles. The van der Waals surface area contributed by atoms with Crippen molar-refractivity contribution in [3.63, 3.8) is 0 Å². The third kappa shape index (κ3) is 2.00. The van der Waals surface area contributed by atoms with E-state index < -0.39 is 16.1 Å². The first kappa shape index (κ1) is 15.8. The molecule has 1 aliphatic rings. The fourth-order valence-corrected chi connectivity index (χ4v) is 18.4. The Morgan fingerprint density at radius 3 is 1.36 bits per heavy atom. The topological polar surface area (TPSA) is 0 Å². The molecule has 3 rings (SSSR count). The molecule has 0 aliphatic heterocycles. The van der Waals surface area contributed by atoms with Crippen molar-refractivity contribution in [3.05, 3.63) is 70.8 Å². The summed E-state index contributed by atoms with van der Waals surface area (Å²) in [6.45, 7) is 15.4. The predicted octanol–water partition coefficient (Wildman–Crippen LogP) is 5.63. The summed E-state index contributed by atoms with van der Waals surface area (Å²) in [5.41, 5.74) is 6.41. The fraction of sp³-hybridized carbons (Fsp3) is 0.400. The Balaban J connectivity index is 2.48. The van der Waals surface area contributed by atoms with Gasteiger partial charge in [-0.3, -0.25) is 0 Å². The second kappa shape index (κ2) is 4.94. The Bertz CT molecular complexity index is 641. The van der Waals surface area contributed by atoms with Gasteiger partial charge in [0, 0.05) is 4.66 Å². The molecular weight excluding hydrogens is 296 g/mol. The van der Waals surface area contributed by atoms with Crippen LogP contribution < -0.4 is 0 Å². The molecule has 0 atom stereocenters. The second-order valence-corrected chi connectivity index (χ2v) is 19.7. The summed E-state index contributed by atoms with van der Waals surface area (Å²) in [6, 6.07) is 18.5. The van der Waals surface area contributed by atoms with Crippen LogP contribution in [0.4, 0.5) is 0 Å². The number of fused-ring (bicyclic) bond motifs is 2. The zero-order chi connectivity index (χ0) is 16.2. The summed E-state index contributed by atoms with van der Waals surface area (Å²) in [7, 11) is -2.97. The van der Waals surface area contributed by atoms with E-state index in [0.29, 0.717) is 4.66 Å². The maximum absolute atomic E-state index is 2.57. The average molecular weight is 325 g/mol. The Hall–Kier alpha value is -1.13. The maximum atomic E-state index is 2.57. The molecular formula is C20H28Si2. The van der Waals surface area contributed by atoms with Gasteiger partial charge in [0.05, 0.1) is 16.1 Å². The van der Waals surface area contributed by atoms with Gasteiger partial charge in [0.25, 0.3) is 0 Å². The van der Waals surface area contributed by atoms with Crippen LogP contribution in [-0.2, 0) is 11.1 Å². The van der Waals surface area contributed by atoms with Crippen LogP contribution in [0.2, 0.25) is 39.3 Å². The van der Waals surface area contributed by atoms with E-state index in [1.807, 2.05) is 0 Å². The normalized spacial score (nSPS) is 16.8. The first-order valence-corrected chi connectivity index (χ1v) is 15.4. The van der Waals surface area contributed by atoms with Crippen molar-refractivity contribution in [3.8, 4) is 0 Å². The molecule has 116 valence electrons. The highest BCUT2D eigenvalue weighted by Crippen LogP contribution is 2.52. The van der Waals surface area contributed by atoms with Crippen molar-refractivity contribution < 1.29 is 0 Å². The van der Waals surface area contributed by atoms with Gasteiger partial charge in [0.2, 0.25) is 0 Å². The van der Waals surface area contributed by atoms with Gasteiger partial charge in [-0.05, 0) is 28.7 Å². The van der Waals surface area contributed by atoms with Gasteiger partial charge in [-0.1, -0.05) is 87.8 Å². The molecule has 2 heteroatoms. The van der Waals surface area contributed by atoms with Crippen LogP contribution in [-0.4, -0.2) is 16.1 Å². The van der Waals surface area contributed by atoms with E-state index in [-0.39, 0.29) is 0 Å². The lowest BCUT2D eigenvalue weighted by Crippen LogP contribution is -2.65. The van der Waals surface area contributed by atoms with E-state index in [1.165, 1.54) is 0 Å². The van der Waals surface area contributed by atoms with Crippen LogP contribution in [0.25, 0.3) is 0 Å². The second-order valence-electron chi connectivity index (χ2n) is 8.74. The summed E-state index contributed by atoms with van der Waals surface area (Å²) in [4.78, 5) is 0. The van der Waals surface area contributed by atoms with Gasteiger partial charge >= 0.3 is 0 Å². The highest BCUT2D eigenvalue weighted by Gasteiger charge is 2.57. The van der Waals surface area contributed by atoms with Crippen LogP contribution in [0.1, 0.15) is 22.3 Å². The summed E-state index contributed by atoms with van der Waals surface area (Å²) < 4.78 is 0.297. The minimum Gasteiger partial charge on any atom is -0.0688 e. The van der Waals surface area contributed by atoms with Gasteiger partial charge in [-0.15, -0.1) is 0 Å². The van der Waals surface area contributed by atoms with E-state index in [4.69, 9.17) is 0 Å². The molecule has 0 spiro atoms. The molecule has 0 radical (unpaired) electrons. The molecule has 0 fully saturated rings. The molecule has 2 aromatic carbocycles. The molecule has 0 nitrogen and oxygen atoms in total. The zero-order valence-corrected chi connectivity index (χ0v) is 16.8. The van der Waals surface area contributed by atoms with Crippen LogP contribution in [0.15, 0.2) is 48.5 Å². The Morgan fingerprint density at radius 1 is 0.636 bits per heavy atom. The first-order valence-electron chi connectivity index (χ1n) is 8.36. The van der Waals surface area contributed by atoms with E-state index in [1.54, 1.807) is 22.3 Å². The lowest BCUT2D eigenvalue weighted by Gasteiger charge is -2.56. The van der Waals surface area contributed by atoms with E-state index in [0.717, 1.165) is 6.42 Å². The molecule has 0 heterocycles. The highest BCUT2D eigenvalue weighted by molar-refractivity contribution is 6.99. The maximum Gasteiger partial charge on any atom is 0.0578 e. The van der Waals surface area contributed by atoms with Gasteiger partial charge in [-0.2, -0.15) is 0 Å². The molecule has 1 aliphatic carbocycles. The van der Waals surface area contributed by atoms with Gasteiger partial charge in [0.1, 0.15) is 0 Å². The summed E-state index contributed by atoms with van der Waals surface area (Å²) >= 11 is 0. The van der Waals surface area contributed by atoms with Crippen molar-refractivity contribution in [1.82, 2.24) is 0 Å². The molecule has 0 bridgehead atoms. The molecule has 22 heavy (non-hydrogen) atoms. The van der Waals surface area contributed by atoms with E-state index in [2.05, 4.69) is 87.8 Å². The summed E-state index contributed by atoms with van der Waals surface area (Å²) in [5.74, 6) is 0. The van der Waals surface area contributed by atoms with Crippen LogP contribution in [0.5, 0.6) is 0 Å². The molecule has 0 aromatic heterocycles. The number of rotatable bonds is 2. The smallest absolute Gasteiger partial charge is 0.0578 e. The number of hydrogen-bond acceptors (Lipinski definition) is 0. The van der Waals surface area contributed by atoms with Crippen molar-refractivity contribution in [2.24, 2.45) is 0 Å². The van der Waals surface area contributed by atoms with Crippen molar-refractivity contribution in [1.29, 1.82) is 0 Å². The standard InChI is InChI=1S/C20H28Si2/c1-21(2,3)20(22(4,5)6)18-13-9-7-11-16(18)15-17-12-8-10-14-19(17)20/h7-14H,15H2,1-6H3. The number of benzene rings is 2. The minimum atomic E-state index is -1.48. The van der Waals surface area contributed by atoms with Gasteiger partial charge < -0.3 is 0 Å². The van der Waals surface area contributed by atoms with Crippen LogP contribution >= 0.6 is 0 Å². The van der Waals surface area contributed by atoms with Crippen molar-refractivity contribution >= 4 is 16.1 Å². The largest absolute Gasteiger partial charge is 0.0688 e. The molecule has 0 unspecified atom stereocenters. The zero-order valence-electron chi connectivity index (χ0n) is 14.8. The fourth-order valence-electron chi connectivity index (χ4n) is 5.17. The Kier molecular flexibility index (Phi) is 3.53. The third-order valence-electron chi connectivity index (χ3n) is 5.47. The quantitative estimate of drug-likeness (QED) is 0.628. The third-order valence-corrected chi connectivity index (χ3v) is 15.6. The van der Waals surface area contributed by atoms with Crippen LogP contribution in [0.3, 0.4) is 0 Å². The van der Waals surface area contributed by atoms with E-state index >= 15 is 0 Å². The summed E-state index contributed by atoms with van der Waals surface area (Å²) in [5, 5.41) is 0. The molecule has 0 N–H and O–H groups in total. The van der Waals surface area contributed by atoms with Crippen molar-refractivity contribution in [2.75, 3.05) is 0 Å². The summed E-state index contributed by atoms with van der Waals surface area (Å²) in [6.07, 6.45) is 1.10.